The molecule has 1 rings (SSSR count). The van der Waals surface area contributed by atoms with Crippen molar-refractivity contribution >= 4 is 5.97 Å². The zero-order chi connectivity index (χ0) is 8.97. The molecule has 2 nitrogen and oxygen atoms in total. The van der Waals surface area contributed by atoms with E-state index in [4.69, 9.17) is 5.11 Å². The van der Waals surface area contributed by atoms with Gasteiger partial charge in [0.1, 0.15) is 0 Å². The van der Waals surface area contributed by atoms with Gasteiger partial charge in [0.05, 0.1) is 0 Å². The van der Waals surface area contributed by atoms with Gasteiger partial charge in [0.15, 0.2) is 0 Å². The lowest BCUT2D eigenvalue weighted by atomic mass is 9.87. The van der Waals surface area contributed by atoms with E-state index >= 15 is 0 Å². The molecule has 12 heavy (non-hydrogen) atoms. The zero-order valence-corrected chi connectivity index (χ0v) is 7.55. The van der Waals surface area contributed by atoms with Crippen LogP contribution in [0.25, 0.3) is 0 Å². The molecule has 0 aromatic carbocycles. The summed E-state index contributed by atoms with van der Waals surface area (Å²) in [5, 5.41) is 8.69. The van der Waals surface area contributed by atoms with Crippen LogP contribution in [-0.4, -0.2) is 11.1 Å². The van der Waals surface area contributed by atoms with Crippen LogP contribution >= 0.6 is 0 Å². The van der Waals surface area contributed by atoms with Crippen molar-refractivity contribution in [3.8, 4) is 0 Å². The number of hydrogen-bond acceptors (Lipinski definition) is 1. The molecule has 1 N–H and O–H groups in total. The Balaban J connectivity index is 2.42. The number of allylic oxidation sites excluding steroid dienone is 1. The molecule has 1 aliphatic rings. The minimum absolute atomic E-state index is 0.613. The molecule has 1 aliphatic carbocycles. The summed E-state index contributed by atoms with van der Waals surface area (Å²) in [6.45, 7) is 2.18. The molecule has 2 heteroatoms. The fourth-order valence-corrected chi connectivity index (χ4v) is 1.75. The second-order valence-corrected chi connectivity index (χ2v) is 3.46. The highest BCUT2D eigenvalue weighted by molar-refractivity contribution is 5.86. The van der Waals surface area contributed by atoms with Gasteiger partial charge >= 0.3 is 5.97 Å². The summed E-state index contributed by atoms with van der Waals surface area (Å²) in [6.07, 6.45) is 7.14. The van der Waals surface area contributed by atoms with Crippen LogP contribution in [0.5, 0.6) is 0 Å². The molecule has 0 aromatic heterocycles. The second-order valence-electron chi connectivity index (χ2n) is 3.46. The second kappa shape index (κ2) is 4.29. The highest BCUT2D eigenvalue weighted by atomic mass is 16.4. The lowest BCUT2D eigenvalue weighted by Crippen LogP contribution is -2.10. The van der Waals surface area contributed by atoms with Gasteiger partial charge in [-0.15, -0.1) is 0 Å². The SMILES string of the molecule is CCCC1CC=C(C(=O)O)CC1. The van der Waals surface area contributed by atoms with Crippen molar-refractivity contribution in [2.45, 2.75) is 39.0 Å². The van der Waals surface area contributed by atoms with Crippen LogP contribution in [0.3, 0.4) is 0 Å². The molecular weight excluding hydrogens is 152 g/mol. The first-order chi connectivity index (χ1) is 5.74. The molecule has 1 atom stereocenters. The van der Waals surface area contributed by atoms with Crippen LogP contribution < -0.4 is 0 Å². The highest BCUT2D eigenvalue weighted by Gasteiger charge is 2.16. The van der Waals surface area contributed by atoms with E-state index in [0.717, 1.165) is 25.2 Å². The first-order valence-corrected chi connectivity index (χ1v) is 4.66. The van der Waals surface area contributed by atoms with Crippen molar-refractivity contribution in [1.29, 1.82) is 0 Å². The van der Waals surface area contributed by atoms with Gasteiger partial charge in [-0.3, -0.25) is 0 Å². The van der Waals surface area contributed by atoms with Crippen LogP contribution in [-0.2, 0) is 4.79 Å². The maximum absolute atomic E-state index is 10.6. The van der Waals surface area contributed by atoms with Crippen LogP contribution in [0.2, 0.25) is 0 Å². The van der Waals surface area contributed by atoms with E-state index in [1.54, 1.807) is 0 Å². The van der Waals surface area contributed by atoms with E-state index in [9.17, 15) is 4.79 Å². The van der Waals surface area contributed by atoms with Gasteiger partial charge in [-0.2, -0.15) is 0 Å². The molecule has 68 valence electrons. The molecule has 1 unspecified atom stereocenters. The Morgan fingerprint density at radius 2 is 2.50 bits per heavy atom. The zero-order valence-electron chi connectivity index (χ0n) is 7.55. The fraction of sp³-hybridized carbons (Fsp3) is 0.700. The lowest BCUT2D eigenvalue weighted by molar-refractivity contribution is -0.132. The van der Waals surface area contributed by atoms with Crippen molar-refractivity contribution in [1.82, 2.24) is 0 Å². The van der Waals surface area contributed by atoms with Crippen molar-refractivity contribution < 1.29 is 9.90 Å². The first-order valence-electron chi connectivity index (χ1n) is 4.66. The lowest BCUT2D eigenvalue weighted by Gasteiger charge is -2.19. The third-order valence-corrected chi connectivity index (χ3v) is 2.49. The van der Waals surface area contributed by atoms with Gasteiger partial charge in [-0.1, -0.05) is 25.8 Å². The van der Waals surface area contributed by atoms with Crippen molar-refractivity contribution in [3.63, 3.8) is 0 Å². The molecule has 0 saturated carbocycles. The van der Waals surface area contributed by atoms with Gasteiger partial charge in [0.2, 0.25) is 0 Å². The predicted molar refractivity (Wildman–Crippen MR) is 48.0 cm³/mol. The largest absolute Gasteiger partial charge is 0.478 e. The molecule has 0 spiro atoms. The Morgan fingerprint density at radius 3 is 2.92 bits per heavy atom. The summed E-state index contributed by atoms with van der Waals surface area (Å²) in [5.74, 6) is 0.00282. The van der Waals surface area contributed by atoms with Gasteiger partial charge in [-0.05, 0) is 25.2 Å². The van der Waals surface area contributed by atoms with Gasteiger partial charge in [0, 0.05) is 5.57 Å². The number of aliphatic carboxylic acids is 1. The Bertz CT molecular complexity index is 194. The standard InChI is InChI=1S/C10H16O2/c1-2-3-8-4-6-9(7-5-8)10(11)12/h6,8H,2-5,7H2,1H3,(H,11,12). The van der Waals surface area contributed by atoms with Crippen molar-refractivity contribution in [2.75, 3.05) is 0 Å². The van der Waals surface area contributed by atoms with Crippen LogP contribution in [0.15, 0.2) is 11.6 Å². The molecule has 0 aromatic rings. The summed E-state index contributed by atoms with van der Waals surface area (Å²) in [6, 6.07) is 0. The van der Waals surface area contributed by atoms with Crippen LogP contribution in [0, 0.1) is 5.92 Å². The van der Waals surface area contributed by atoms with E-state index in [2.05, 4.69) is 6.92 Å². The van der Waals surface area contributed by atoms with Crippen molar-refractivity contribution in [3.05, 3.63) is 11.6 Å². The highest BCUT2D eigenvalue weighted by Crippen LogP contribution is 2.26. The van der Waals surface area contributed by atoms with E-state index in [1.807, 2.05) is 6.08 Å². The first kappa shape index (κ1) is 9.30. The number of rotatable bonds is 3. The van der Waals surface area contributed by atoms with Crippen molar-refractivity contribution in [2.24, 2.45) is 5.92 Å². The molecule has 0 aliphatic heterocycles. The quantitative estimate of drug-likeness (QED) is 0.703. The van der Waals surface area contributed by atoms with Gasteiger partial charge in [0.25, 0.3) is 0 Å². The van der Waals surface area contributed by atoms with Crippen LogP contribution in [0.4, 0.5) is 0 Å². The monoisotopic (exact) mass is 168 g/mol. The van der Waals surface area contributed by atoms with E-state index in [-0.39, 0.29) is 0 Å². The molecule has 0 amide bonds. The van der Waals surface area contributed by atoms with E-state index < -0.39 is 5.97 Å². The minimum Gasteiger partial charge on any atom is -0.478 e. The molecule has 0 saturated heterocycles. The maximum atomic E-state index is 10.6. The van der Waals surface area contributed by atoms with Gasteiger partial charge < -0.3 is 5.11 Å². The summed E-state index contributed by atoms with van der Waals surface area (Å²) in [4.78, 5) is 10.6. The maximum Gasteiger partial charge on any atom is 0.331 e. The molecule has 0 bridgehead atoms. The molecule has 0 radical (unpaired) electrons. The summed E-state index contributed by atoms with van der Waals surface area (Å²) >= 11 is 0. The Hall–Kier alpha value is -0.790. The van der Waals surface area contributed by atoms with E-state index in [1.165, 1.54) is 12.8 Å². The number of hydrogen-bond donors (Lipinski definition) is 1. The topological polar surface area (TPSA) is 37.3 Å². The van der Waals surface area contributed by atoms with Gasteiger partial charge in [-0.25, -0.2) is 4.79 Å². The average molecular weight is 168 g/mol. The molecule has 0 fully saturated rings. The third kappa shape index (κ3) is 2.36. The number of carbonyl (C=O) groups is 1. The normalized spacial score (nSPS) is 23.4. The molecule has 0 heterocycles. The van der Waals surface area contributed by atoms with Crippen LogP contribution in [0.1, 0.15) is 39.0 Å². The average Bonchev–Trinajstić information content (AvgIpc) is 2.06. The predicted octanol–water partition coefficient (Wildman–Crippen LogP) is 2.60. The Labute approximate surface area is 73.3 Å². The fourth-order valence-electron chi connectivity index (χ4n) is 1.75. The minimum atomic E-state index is -0.732. The Kier molecular flexibility index (Phi) is 3.32. The summed E-state index contributed by atoms with van der Waals surface area (Å²) in [5.41, 5.74) is 0.613. The number of carboxylic acid groups (broad SMARTS) is 1. The smallest absolute Gasteiger partial charge is 0.331 e. The van der Waals surface area contributed by atoms with E-state index in [0.29, 0.717) is 5.57 Å². The number of carboxylic acids is 1. The Morgan fingerprint density at radius 1 is 1.75 bits per heavy atom. The summed E-state index contributed by atoms with van der Waals surface area (Å²) in [7, 11) is 0. The molecular formula is C10H16O2. The summed E-state index contributed by atoms with van der Waals surface area (Å²) < 4.78 is 0. The third-order valence-electron chi connectivity index (χ3n) is 2.49.